The van der Waals surface area contributed by atoms with Gasteiger partial charge in [0.15, 0.2) is 0 Å². The van der Waals surface area contributed by atoms with Crippen LogP contribution in [0.25, 0.3) is 0 Å². The highest BCUT2D eigenvalue weighted by Gasteiger charge is 2.21. The van der Waals surface area contributed by atoms with Crippen molar-refractivity contribution in [1.82, 2.24) is 5.32 Å². The van der Waals surface area contributed by atoms with Gasteiger partial charge in [-0.3, -0.25) is 0 Å². The molecule has 0 spiro atoms. The molecule has 0 bridgehead atoms. The van der Waals surface area contributed by atoms with E-state index in [1.807, 2.05) is 30.3 Å². The molecule has 2 nitrogen and oxygen atoms in total. The van der Waals surface area contributed by atoms with E-state index >= 15 is 0 Å². The van der Waals surface area contributed by atoms with Crippen LogP contribution in [0.2, 0.25) is 0 Å². The van der Waals surface area contributed by atoms with Crippen molar-refractivity contribution in [2.45, 2.75) is 44.8 Å². The molecule has 2 heteroatoms. The van der Waals surface area contributed by atoms with E-state index in [1.165, 1.54) is 25.7 Å². The van der Waals surface area contributed by atoms with Crippen molar-refractivity contribution in [2.75, 3.05) is 6.54 Å². The first-order valence-corrected chi connectivity index (χ1v) is 6.74. The van der Waals surface area contributed by atoms with Gasteiger partial charge in [-0.05, 0) is 24.3 Å². The SMILES string of the molecule is C[C@H]1CCCC[C@@H]1NC[C@@H](O)c1ccccc1. The predicted molar refractivity (Wildman–Crippen MR) is 70.8 cm³/mol. The van der Waals surface area contributed by atoms with Crippen LogP contribution >= 0.6 is 0 Å². The molecule has 1 aliphatic rings. The Morgan fingerprint density at radius 1 is 1.24 bits per heavy atom. The molecule has 0 aliphatic heterocycles. The average Bonchev–Trinajstić information content (AvgIpc) is 2.38. The topological polar surface area (TPSA) is 32.3 Å². The molecule has 1 aliphatic carbocycles. The van der Waals surface area contributed by atoms with Crippen molar-refractivity contribution >= 4 is 0 Å². The maximum Gasteiger partial charge on any atom is 0.0914 e. The summed E-state index contributed by atoms with van der Waals surface area (Å²) in [7, 11) is 0. The summed E-state index contributed by atoms with van der Waals surface area (Å²) in [5.41, 5.74) is 1.00. The smallest absolute Gasteiger partial charge is 0.0914 e. The van der Waals surface area contributed by atoms with Gasteiger partial charge >= 0.3 is 0 Å². The molecule has 2 N–H and O–H groups in total. The molecule has 0 amide bonds. The average molecular weight is 233 g/mol. The van der Waals surface area contributed by atoms with Gasteiger partial charge in [0.05, 0.1) is 6.10 Å². The Kier molecular flexibility index (Phi) is 4.57. The molecular weight excluding hydrogens is 210 g/mol. The third kappa shape index (κ3) is 3.55. The van der Waals surface area contributed by atoms with E-state index in [4.69, 9.17) is 0 Å². The highest BCUT2D eigenvalue weighted by molar-refractivity contribution is 5.17. The molecule has 17 heavy (non-hydrogen) atoms. The third-order valence-corrected chi connectivity index (χ3v) is 3.87. The fraction of sp³-hybridized carbons (Fsp3) is 0.600. The highest BCUT2D eigenvalue weighted by atomic mass is 16.3. The van der Waals surface area contributed by atoms with Crippen LogP contribution in [0.4, 0.5) is 0 Å². The summed E-state index contributed by atoms with van der Waals surface area (Å²) in [6.07, 6.45) is 4.87. The summed E-state index contributed by atoms with van der Waals surface area (Å²) in [4.78, 5) is 0. The second-order valence-corrected chi connectivity index (χ2v) is 5.20. The van der Waals surface area contributed by atoms with Gasteiger partial charge in [0.25, 0.3) is 0 Å². The molecule has 2 rings (SSSR count). The molecule has 1 aromatic rings. The fourth-order valence-corrected chi connectivity index (χ4v) is 2.68. The summed E-state index contributed by atoms with van der Waals surface area (Å²) in [5.74, 6) is 0.742. The second-order valence-electron chi connectivity index (χ2n) is 5.20. The normalized spacial score (nSPS) is 26.7. The lowest BCUT2D eigenvalue weighted by molar-refractivity contribution is 0.157. The maximum atomic E-state index is 10.1. The zero-order valence-electron chi connectivity index (χ0n) is 10.6. The van der Waals surface area contributed by atoms with Crippen LogP contribution in [0.15, 0.2) is 30.3 Å². The van der Waals surface area contributed by atoms with E-state index in [2.05, 4.69) is 12.2 Å². The van der Waals surface area contributed by atoms with E-state index in [0.29, 0.717) is 12.6 Å². The second kappa shape index (κ2) is 6.18. The predicted octanol–water partition coefficient (Wildman–Crippen LogP) is 2.89. The standard InChI is InChI=1S/C15H23NO/c1-12-7-5-6-10-14(12)16-11-15(17)13-8-3-2-4-9-13/h2-4,8-9,12,14-17H,5-7,10-11H2,1H3/t12-,14-,15+/m0/s1. The Morgan fingerprint density at radius 3 is 2.65 bits per heavy atom. The van der Waals surface area contributed by atoms with E-state index in [0.717, 1.165) is 11.5 Å². The number of nitrogens with one attached hydrogen (secondary N) is 1. The van der Waals surface area contributed by atoms with Gasteiger partial charge in [-0.25, -0.2) is 0 Å². The van der Waals surface area contributed by atoms with Gasteiger partial charge in [0, 0.05) is 12.6 Å². The first-order valence-electron chi connectivity index (χ1n) is 6.74. The quantitative estimate of drug-likeness (QED) is 0.838. The summed E-state index contributed by atoms with van der Waals surface area (Å²) in [5, 5.41) is 13.6. The Labute approximate surface area is 104 Å². The van der Waals surface area contributed by atoms with Gasteiger partial charge in [-0.15, -0.1) is 0 Å². The lowest BCUT2D eigenvalue weighted by Gasteiger charge is -2.30. The van der Waals surface area contributed by atoms with Crippen molar-refractivity contribution in [1.29, 1.82) is 0 Å². The van der Waals surface area contributed by atoms with Crippen LogP contribution in [-0.4, -0.2) is 17.7 Å². The van der Waals surface area contributed by atoms with Gasteiger partial charge in [-0.1, -0.05) is 50.1 Å². The Balaban J connectivity index is 1.81. The summed E-state index contributed by atoms with van der Waals surface area (Å²) < 4.78 is 0. The molecule has 3 atom stereocenters. The molecule has 1 fully saturated rings. The first kappa shape index (κ1) is 12.6. The number of aliphatic hydroxyl groups excluding tert-OH is 1. The van der Waals surface area contributed by atoms with E-state index in [1.54, 1.807) is 0 Å². The zero-order chi connectivity index (χ0) is 12.1. The Morgan fingerprint density at radius 2 is 1.94 bits per heavy atom. The fourth-order valence-electron chi connectivity index (χ4n) is 2.68. The molecule has 0 unspecified atom stereocenters. The lowest BCUT2D eigenvalue weighted by atomic mass is 9.86. The number of rotatable bonds is 4. The van der Waals surface area contributed by atoms with E-state index < -0.39 is 0 Å². The molecule has 1 saturated carbocycles. The summed E-state index contributed by atoms with van der Waals surface area (Å²) in [6.45, 7) is 2.98. The Bertz CT molecular complexity index is 325. The number of aliphatic hydroxyl groups is 1. The minimum absolute atomic E-state index is 0.384. The summed E-state index contributed by atoms with van der Waals surface area (Å²) in [6, 6.07) is 10.5. The first-order chi connectivity index (χ1) is 8.27. The molecular formula is C15H23NO. The number of hydrogen-bond donors (Lipinski definition) is 2. The largest absolute Gasteiger partial charge is 0.387 e. The van der Waals surface area contributed by atoms with Gasteiger partial charge in [-0.2, -0.15) is 0 Å². The van der Waals surface area contributed by atoms with E-state index in [9.17, 15) is 5.11 Å². The van der Waals surface area contributed by atoms with Crippen LogP contribution in [0.3, 0.4) is 0 Å². The molecule has 0 saturated heterocycles. The minimum Gasteiger partial charge on any atom is -0.387 e. The van der Waals surface area contributed by atoms with Crippen molar-refractivity contribution in [3.05, 3.63) is 35.9 Å². The molecule has 0 radical (unpaired) electrons. The Hall–Kier alpha value is -0.860. The van der Waals surface area contributed by atoms with Crippen LogP contribution in [0, 0.1) is 5.92 Å². The maximum absolute atomic E-state index is 10.1. The van der Waals surface area contributed by atoms with Crippen LogP contribution in [0.5, 0.6) is 0 Å². The number of benzene rings is 1. The molecule has 94 valence electrons. The van der Waals surface area contributed by atoms with Crippen LogP contribution < -0.4 is 5.32 Å². The summed E-state index contributed by atoms with van der Waals surface area (Å²) >= 11 is 0. The molecule has 1 aromatic carbocycles. The van der Waals surface area contributed by atoms with Crippen molar-refractivity contribution in [2.24, 2.45) is 5.92 Å². The highest BCUT2D eigenvalue weighted by Crippen LogP contribution is 2.24. The molecule has 0 aromatic heterocycles. The monoisotopic (exact) mass is 233 g/mol. The molecule has 0 heterocycles. The zero-order valence-corrected chi connectivity index (χ0v) is 10.6. The number of hydrogen-bond acceptors (Lipinski definition) is 2. The van der Waals surface area contributed by atoms with Crippen molar-refractivity contribution in [3.63, 3.8) is 0 Å². The van der Waals surface area contributed by atoms with Gasteiger partial charge < -0.3 is 10.4 Å². The minimum atomic E-state index is -0.384. The van der Waals surface area contributed by atoms with Gasteiger partial charge in [0.1, 0.15) is 0 Å². The van der Waals surface area contributed by atoms with Crippen molar-refractivity contribution < 1.29 is 5.11 Å². The van der Waals surface area contributed by atoms with Crippen molar-refractivity contribution in [3.8, 4) is 0 Å². The van der Waals surface area contributed by atoms with Gasteiger partial charge in [0.2, 0.25) is 0 Å². The van der Waals surface area contributed by atoms with Crippen LogP contribution in [0.1, 0.15) is 44.3 Å². The third-order valence-electron chi connectivity index (χ3n) is 3.87. The lowest BCUT2D eigenvalue weighted by Crippen LogP contribution is -2.39. The van der Waals surface area contributed by atoms with Crippen LogP contribution in [-0.2, 0) is 0 Å². The van der Waals surface area contributed by atoms with E-state index in [-0.39, 0.29) is 6.10 Å².